The summed E-state index contributed by atoms with van der Waals surface area (Å²) in [5, 5.41) is 8.41. The zero-order valence-electron chi connectivity index (χ0n) is 6.79. The third-order valence-electron chi connectivity index (χ3n) is 1.31. The van der Waals surface area contributed by atoms with Crippen LogP contribution in [-0.2, 0) is 9.53 Å². The van der Waals surface area contributed by atoms with Crippen molar-refractivity contribution in [1.82, 2.24) is 0 Å². The SMILES string of the molecule is O=CCCCOCCCCO. The Morgan fingerprint density at radius 1 is 1.18 bits per heavy atom. The summed E-state index contributed by atoms with van der Waals surface area (Å²) < 4.78 is 5.17. The van der Waals surface area contributed by atoms with Gasteiger partial charge in [-0.25, -0.2) is 0 Å². The Hall–Kier alpha value is -0.410. The molecule has 0 spiro atoms. The van der Waals surface area contributed by atoms with Crippen LogP contribution in [0.3, 0.4) is 0 Å². The van der Waals surface area contributed by atoms with Gasteiger partial charge in [0.25, 0.3) is 0 Å². The van der Waals surface area contributed by atoms with Gasteiger partial charge in [-0.3, -0.25) is 0 Å². The Balaban J connectivity index is 2.74. The van der Waals surface area contributed by atoms with Crippen LogP contribution < -0.4 is 0 Å². The molecule has 0 saturated carbocycles. The fraction of sp³-hybridized carbons (Fsp3) is 0.875. The van der Waals surface area contributed by atoms with E-state index in [1.54, 1.807) is 0 Å². The van der Waals surface area contributed by atoms with Gasteiger partial charge in [0.05, 0.1) is 0 Å². The van der Waals surface area contributed by atoms with Crippen molar-refractivity contribution in [2.45, 2.75) is 25.7 Å². The molecule has 1 N–H and O–H groups in total. The van der Waals surface area contributed by atoms with E-state index in [-0.39, 0.29) is 6.61 Å². The molecule has 11 heavy (non-hydrogen) atoms. The van der Waals surface area contributed by atoms with E-state index in [0.717, 1.165) is 25.5 Å². The van der Waals surface area contributed by atoms with Gasteiger partial charge >= 0.3 is 0 Å². The molecule has 0 aliphatic carbocycles. The summed E-state index contributed by atoms with van der Waals surface area (Å²) in [6.45, 7) is 1.58. The van der Waals surface area contributed by atoms with Gasteiger partial charge in [0, 0.05) is 26.2 Å². The van der Waals surface area contributed by atoms with Crippen LogP contribution >= 0.6 is 0 Å². The van der Waals surface area contributed by atoms with E-state index in [9.17, 15) is 4.79 Å². The largest absolute Gasteiger partial charge is 0.396 e. The minimum absolute atomic E-state index is 0.234. The van der Waals surface area contributed by atoms with E-state index in [0.29, 0.717) is 19.6 Å². The predicted octanol–water partition coefficient (Wildman–Crippen LogP) is 0.755. The predicted molar refractivity (Wildman–Crippen MR) is 42.4 cm³/mol. The Morgan fingerprint density at radius 2 is 1.91 bits per heavy atom. The van der Waals surface area contributed by atoms with Gasteiger partial charge in [0.2, 0.25) is 0 Å². The second kappa shape index (κ2) is 9.59. The lowest BCUT2D eigenvalue weighted by atomic mass is 10.3. The van der Waals surface area contributed by atoms with E-state index in [4.69, 9.17) is 9.84 Å². The Morgan fingerprint density at radius 3 is 2.55 bits per heavy atom. The fourth-order valence-corrected chi connectivity index (χ4v) is 0.687. The number of aldehydes is 1. The van der Waals surface area contributed by atoms with Crippen molar-refractivity contribution in [3.05, 3.63) is 0 Å². The first-order valence-electron chi connectivity index (χ1n) is 4.04. The average Bonchev–Trinajstić information content (AvgIpc) is 2.03. The molecule has 0 aromatic carbocycles. The normalized spacial score (nSPS) is 9.91. The molecule has 66 valence electrons. The third kappa shape index (κ3) is 9.59. The number of carbonyl (C=O) groups is 1. The molecule has 0 radical (unpaired) electrons. The van der Waals surface area contributed by atoms with Crippen LogP contribution in [0.1, 0.15) is 25.7 Å². The van der Waals surface area contributed by atoms with Gasteiger partial charge in [-0.05, 0) is 19.3 Å². The molecule has 0 fully saturated rings. The lowest BCUT2D eigenvalue weighted by molar-refractivity contribution is -0.108. The molecule has 0 atom stereocenters. The first-order valence-corrected chi connectivity index (χ1v) is 4.04. The maximum atomic E-state index is 9.85. The van der Waals surface area contributed by atoms with Crippen molar-refractivity contribution in [2.75, 3.05) is 19.8 Å². The number of unbranched alkanes of at least 4 members (excludes halogenated alkanes) is 2. The summed E-state index contributed by atoms with van der Waals surface area (Å²) in [6, 6.07) is 0. The van der Waals surface area contributed by atoms with Crippen LogP contribution in [0.5, 0.6) is 0 Å². The summed E-state index contributed by atoms with van der Waals surface area (Å²) in [7, 11) is 0. The average molecular weight is 160 g/mol. The number of hydrogen-bond donors (Lipinski definition) is 1. The zero-order valence-corrected chi connectivity index (χ0v) is 6.79. The number of aliphatic hydroxyl groups is 1. The van der Waals surface area contributed by atoms with E-state index in [2.05, 4.69) is 0 Å². The van der Waals surface area contributed by atoms with Crippen LogP contribution in [0.15, 0.2) is 0 Å². The van der Waals surface area contributed by atoms with Gasteiger partial charge in [-0.15, -0.1) is 0 Å². The monoisotopic (exact) mass is 160 g/mol. The van der Waals surface area contributed by atoms with E-state index >= 15 is 0 Å². The summed E-state index contributed by atoms with van der Waals surface area (Å²) in [6.07, 6.45) is 3.99. The highest BCUT2D eigenvalue weighted by molar-refractivity contribution is 5.48. The molecular weight excluding hydrogens is 144 g/mol. The summed E-state index contributed by atoms with van der Waals surface area (Å²) in [5.41, 5.74) is 0. The molecule has 0 bridgehead atoms. The molecule has 0 saturated heterocycles. The van der Waals surface area contributed by atoms with Crippen molar-refractivity contribution in [1.29, 1.82) is 0 Å². The van der Waals surface area contributed by atoms with Crippen molar-refractivity contribution >= 4 is 6.29 Å². The van der Waals surface area contributed by atoms with Crippen LogP contribution in [0.25, 0.3) is 0 Å². The maximum Gasteiger partial charge on any atom is 0.120 e. The van der Waals surface area contributed by atoms with Gasteiger partial charge in [0.15, 0.2) is 0 Å². The minimum atomic E-state index is 0.234. The quantitative estimate of drug-likeness (QED) is 0.421. The van der Waals surface area contributed by atoms with Crippen molar-refractivity contribution in [3.8, 4) is 0 Å². The first-order chi connectivity index (χ1) is 5.41. The maximum absolute atomic E-state index is 9.85. The number of rotatable bonds is 8. The van der Waals surface area contributed by atoms with Crippen molar-refractivity contribution in [2.24, 2.45) is 0 Å². The Kier molecular flexibility index (Phi) is 9.23. The molecule has 0 aromatic rings. The van der Waals surface area contributed by atoms with Crippen molar-refractivity contribution in [3.63, 3.8) is 0 Å². The second-order valence-electron chi connectivity index (χ2n) is 2.35. The molecule has 0 aliphatic heterocycles. The second-order valence-corrected chi connectivity index (χ2v) is 2.35. The molecule has 3 nitrogen and oxygen atoms in total. The molecular formula is C8H16O3. The van der Waals surface area contributed by atoms with E-state index in [1.165, 1.54) is 0 Å². The highest BCUT2D eigenvalue weighted by Crippen LogP contribution is 1.91. The fourth-order valence-electron chi connectivity index (χ4n) is 0.687. The van der Waals surface area contributed by atoms with Gasteiger partial charge < -0.3 is 14.6 Å². The molecule has 0 aliphatic rings. The van der Waals surface area contributed by atoms with Gasteiger partial charge in [-0.2, -0.15) is 0 Å². The summed E-state index contributed by atoms with van der Waals surface area (Å²) >= 11 is 0. The zero-order chi connectivity index (χ0) is 8.36. The third-order valence-corrected chi connectivity index (χ3v) is 1.31. The lowest BCUT2D eigenvalue weighted by Crippen LogP contribution is -1.98. The molecule has 0 aromatic heterocycles. The standard InChI is InChI=1S/C8H16O3/c9-5-1-3-7-11-8-4-2-6-10/h5,10H,1-4,6-8H2. The summed E-state index contributed by atoms with van der Waals surface area (Å²) in [5.74, 6) is 0. The highest BCUT2D eigenvalue weighted by atomic mass is 16.5. The summed E-state index contributed by atoms with van der Waals surface area (Å²) in [4.78, 5) is 9.85. The number of ether oxygens (including phenoxy) is 1. The smallest absolute Gasteiger partial charge is 0.120 e. The number of carbonyl (C=O) groups excluding carboxylic acids is 1. The van der Waals surface area contributed by atoms with E-state index in [1.807, 2.05) is 0 Å². The molecule has 0 heterocycles. The highest BCUT2D eigenvalue weighted by Gasteiger charge is 1.88. The molecule has 0 rings (SSSR count). The Labute approximate surface area is 67.4 Å². The molecule has 3 heteroatoms. The Bertz CT molecular complexity index is 83.4. The van der Waals surface area contributed by atoms with Gasteiger partial charge in [0.1, 0.15) is 6.29 Å². The number of hydrogen-bond acceptors (Lipinski definition) is 3. The first kappa shape index (κ1) is 10.6. The topological polar surface area (TPSA) is 46.5 Å². The van der Waals surface area contributed by atoms with Gasteiger partial charge in [-0.1, -0.05) is 0 Å². The molecule has 0 unspecified atom stereocenters. The lowest BCUT2D eigenvalue weighted by Gasteiger charge is -2.00. The van der Waals surface area contributed by atoms with Crippen molar-refractivity contribution < 1.29 is 14.6 Å². The van der Waals surface area contributed by atoms with Crippen LogP contribution in [0, 0.1) is 0 Å². The minimum Gasteiger partial charge on any atom is -0.396 e. The van der Waals surface area contributed by atoms with Crippen LogP contribution in [0.4, 0.5) is 0 Å². The van der Waals surface area contributed by atoms with E-state index < -0.39 is 0 Å². The van der Waals surface area contributed by atoms with Crippen LogP contribution in [-0.4, -0.2) is 31.2 Å². The molecule has 0 amide bonds. The number of aliphatic hydroxyl groups excluding tert-OH is 1. The van der Waals surface area contributed by atoms with Crippen LogP contribution in [0.2, 0.25) is 0 Å².